The molecule has 0 aromatic rings. The van der Waals surface area contributed by atoms with Gasteiger partial charge in [0.1, 0.15) is 0 Å². The maximum absolute atomic E-state index is 12.1. The first kappa shape index (κ1) is 14.6. The van der Waals surface area contributed by atoms with E-state index in [-0.39, 0.29) is 5.91 Å². The van der Waals surface area contributed by atoms with Crippen LogP contribution in [-0.4, -0.2) is 22.5 Å². The van der Waals surface area contributed by atoms with Crippen LogP contribution in [-0.2, 0) is 9.59 Å². The van der Waals surface area contributed by atoms with E-state index in [9.17, 15) is 14.7 Å². The van der Waals surface area contributed by atoms with Crippen molar-refractivity contribution in [3.05, 3.63) is 0 Å². The van der Waals surface area contributed by atoms with Crippen LogP contribution in [0.2, 0.25) is 0 Å². The number of hydrogen-bond acceptors (Lipinski definition) is 2. The number of rotatable bonds is 4. The number of carbonyl (C=O) groups excluding carboxylic acids is 1. The van der Waals surface area contributed by atoms with Crippen molar-refractivity contribution in [3.8, 4) is 12.3 Å². The Kier molecular flexibility index (Phi) is 4.39. The van der Waals surface area contributed by atoms with Gasteiger partial charge < -0.3 is 10.4 Å². The van der Waals surface area contributed by atoms with Crippen molar-refractivity contribution in [2.24, 2.45) is 17.8 Å². The average Bonchev–Trinajstić information content (AvgIpc) is 2.72. The Morgan fingerprint density at radius 1 is 1.39 bits per heavy atom. The highest BCUT2D eigenvalue weighted by Gasteiger charge is 2.42. The molecule has 0 radical (unpaired) electrons. The van der Waals surface area contributed by atoms with Gasteiger partial charge in [0.05, 0.1) is 17.4 Å². The number of nitrogens with one attached hydrogen (secondary N) is 1. The Hall–Kier alpha value is -1.50. The van der Waals surface area contributed by atoms with Crippen LogP contribution in [0.3, 0.4) is 0 Å². The first-order chi connectivity index (χ1) is 8.30. The number of aliphatic carboxylic acids is 1. The summed E-state index contributed by atoms with van der Waals surface area (Å²) in [6.07, 6.45) is 7.45. The van der Waals surface area contributed by atoms with Gasteiger partial charge in [-0.2, -0.15) is 0 Å². The number of hydrogen-bond donors (Lipinski definition) is 2. The second-order valence-corrected chi connectivity index (χ2v) is 5.56. The minimum absolute atomic E-state index is 0.235. The summed E-state index contributed by atoms with van der Waals surface area (Å²) >= 11 is 0. The second kappa shape index (κ2) is 5.43. The molecule has 0 heterocycles. The largest absolute Gasteiger partial charge is 0.481 e. The van der Waals surface area contributed by atoms with E-state index >= 15 is 0 Å². The van der Waals surface area contributed by atoms with Crippen LogP contribution in [0, 0.1) is 30.1 Å². The number of terminal acetylenes is 1. The molecule has 1 saturated carbocycles. The highest BCUT2D eigenvalue weighted by atomic mass is 16.4. The molecule has 1 amide bonds. The van der Waals surface area contributed by atoms with Crippen LogP contribution >= 0.6 is 0 Å². The van der Waals surface area contributed by atoms with Crippen molar-refractivity contribution in [1.82, 2.24) is 5.32 Å². The molecule has 1 rings (SSSR count). The molecule has 0 aliphatic heterocycles. The highest BCUT2D eigenvalue weighted by Crippen LogP contribution is 2.38. The summed E-state index contributed by atoms with van der Waals surface area (Å²) in [6.45, 7) is 5.48. The van der Waals surface area contributed by atoms with Crippen LogP contribution in [0.4, 0.5) is 0 Å². The van der Waals surface area contributed by atoms with E-state index in [2.05, 4.69) is 11.2 Å². The standard InChI is InChI=1S/C14H21NO3/c1-5-9-7-10(11(8-9)13(17)18)12(16)15-14(3,4)6-2/h2,9-11H,5,7-8H2,1,3-4H3,(H,15,16)(H,17,18)/t9?,10-,11+/m0/s1. The Morgan fingerprint density at radius 3 is 2.39 bits per heavy atom. The van der Waals surface area contributed by atoms with Gasteiger partial charge in [0.2, 0.25) is 5.91 Å². The average molecular weight is 251 g/mol. The molecule has 0 saturated heterocycles. The lowest BCUT2D eigenvalue weighted by Gasteiger charge is -2.23. The lowest BCUT2D eigenvalue weighted by molar-refractivity contribution is -0.146. The predicted octanol–water partition coefficient (Wildman–Crippen LogP) is 1.65. The molecule has 3 atom stereocenters. The molecule has 2 N–H and O–H groups in total. The molecule has 0 aromatic heterocycles. The summed E-state index contributed by atoms with van der Waals surface area (Å²) in [5, 5.41) is 11.9. The van der Waals surface area contributed by atoms with Crippen LogP contribution in [0.25, 0.3) is 0 Å². The van der Waals surface area contributed by atoms with Gasteiger partial charge in [-0.05, 0) is 32.6 Å². The van der Waals surface area contributed by atoms with E-state index in [0.29, 0.717) is 18.8 Å². The zero-order valence-electron chi connectivity index (χ0n) is 11.2. The highest BCUT2D eigenvalue weighted by molar-refractivity contribution is 5.86. The summed E-state index contributed by atoms with van der Waals surface area (Å²) in [6, 6.07) is 0. The van der Waals surface area contributed by atoms with Crippen molar-refractivity contribution in [2.45, 2.75) is 45.6 Å². The van der Waals surface area contributed by atoms with E-state index in [0.717, 1.165) is 6.42 Å². The summed E-state index contributed by atoms with van der Waals surface area (Å²) in [7, 11) is 0. The normalized spacial score (nSPS) is 27.6. The van der Waals surface area contributed by atoms with E-state index < -0.39 is 23.3 Å². The third kappa shape index (κ3) is 3.25. The van der Waals surface area contributed by atoms with Crippen molar-refractivity contribution in [1.29, 1.82) is 0 Å². The lowest BCUT2D eigenvalue weighted by Crippen LogP contribution is -2.46. The van der Waals surface area contributed by atoms with Gasteiger partial charge in [0.25, 0.3) is 0 Å². The minimum Gasteiger partial charge on any atom is -0.481 e. The van der Waals surface area contributed by atoms with Gasteiger partial charge in [0, 0.05) is 0 Å². The number of carboxylic acids is 1. The molecule has 1 fully saturated rings. The molecule has 0 bridgehead atoms. The fourth-order valence-corrected chi connectivity index (χ4v) is 2.48. The SMILES string of the molecule is C#CC(C)(C)NC(=O)[C@H]1CC(CC)C[C@H]1C(=O)O. The first-order valence-electron chi connectivity index (χ1n) is 6.33. The fourth-order valence-electron chi connectivity index (χ4n) is 2.48. The van der Waals surface area contributed by atoms with Gasteiger partial charge in [-0.15, -0.1) is 6.42 Å². The molecular formula is C14H21NO3. The van der Waals surface area contributed by atoms with E-state index in [1.54, 1.807) is 13.8 Å². The molecule has 1 unspecified atom stereocenters. The molecular weight excluding hydrogens is 230 g/mol. The van der Waals surface area contributed by atoms with Gasteiger partial charge in [-0.1, -0.05) is 19.3 Å². The Bertz CT molecular complexity index is 381. The number of amides is 1. The maximum atomic E-state index is 12.1. The van der Waals surface area contributed by atoms with Crippen molar-refractivity contribution >= 4 is 11.9 Å². The second-order valence-electron chi connectivity index (χ2n) is 5.56. The molecule has 4 nitrogen and oxygen atoms in total. The summed E-state index contributed by atoms with van der Waals surface area (Å²) in [4.78, 5) is 23.3. The van der Waals surface area contributed by atoms with Crippen molar-refractivity contribution in [2.75, 3.05) is 0 Å². The topological polar surface area (TPSA) is 66.4 Å². The summed E-state index contributed by atoms with van der Waals surface area (Å²) < 4.78 is 0. The van der Waals surface area contributed by atoms with Gasteiger partial charge in [-0.25, -0.2) is 0 Å². The summed E-state index contributed by atoms with van der Waals surface area (Å²) in [5.41, 5.74) is -0.732. The quantitative estimate of drug-likeness (QED) is 0.747. The molecule has 0 spiro atoms. The smallest absolute Gasteiger partial charge is 0.307 e. The monoisotopic (exact) mass is 251 g/mol. The summed E-state index contributed by atoms with van der Waals surface area (Å²) in [5.74, 6) is 0.643. The van der Waals surface area contributed by atoms with E-state index in [1.165, 1.54) is 0 Å². The zero-order valence-corrected chi connectivity index (χ0v) is 11.2. The van der Waals surface area contributed by atoms with Crippen LogP contribution in [0.15, 0.2) is 0 Å². The molecule has 1 aliphatic rings. The van der Waals surface area contributed by atoms with Crippen LogP contribution < -0.4 is 5.32 Å². The Morgan fingerprint density at radius 2 is 1.94 bits per heavy atom. The number of carbonyl (C=O) groups is 2. The molecule has 100 valence electrons. The van der Waals surface area contributed by atoms with Gasteiger partial charge in [0.15, 0.2) is 0 Å². The maximum Gasteiger partial charge on any atom is 0.307 e. The number of carboxylic acid groups (broad SMARTS) is 1. The molecule has 0 aromatic carbocycles. The molecule has 1 aliphatic carbocycles. The third-order valence-electron chi connectivity index (χ3n) is 3.69. The predicted molar refractivity (Wildman–Crippen MR) is 68.7 cm³/mol. The Balaban J connectivity index is 2.78. The molecule has 4 heteroatoms. The van der Waals surface area contributed by atoms with Crippen LogP contribution in [0.1, 0.15) is 40.0 Å². The van der Waals surface area contributed by atoms with Crippen LogP contribution in [0.5, 0.6) is 0 Å². The first-order valence-corrected chi connectivity index (χ1v) is 6.33. The van der Waals surface area contributed by atoms with Gasteiger partial charge in [-0.3, -0.25) is 9.59 Å². The van der Waals surface area contributed by atoms with E-state index in [4.69, 9.17) is 6.42 Å². The van der Waals surface area contributed by atoms with Gasteiger partial charge >= 0.3 is 5.97 Å². The van der Waals surface area contributed by atoms with E-state index in [1.807, 2.05) is 6.92 Å². The molecule has 18 heavy (non-hydrogen) atoms. The lowest BCUT2D eigenvalue weighted by atomic mass is 9.94. The van der Waals surface area contributed by atoms with Crippen molar-refractivity contribution in [3.63, 3.8) is 0 Å². The minimum atomic E-state index is -0.885. The third-order valence-corrected chi connectivity index (χ3v) is 3.69. The van der Waals surface area contributed by atoms with Crippen molar-refractivity contribution < 1.29 is 14.7 Å². The zero-order chi connectivity index (χ0) is 13.9. The fraction of sp³-hybridized carbons (Fsp3) is 0.714. The Labute approximate surface area is 108 Å².